The van der Waals surface area contributed by atoms with Crippen LogP contribution in [0.3, 0.4) is 0 Å². The van der Waals surface area contributed by atoms with Crippen LogP contribution in [0.1, 0.15) is 12.0 Å². The number of nitrogens with two attached hydrogens (primary N) is 1. The van der Waals surface area contributed by atoms with E-state index in [1.54, 1.807) is 12.1 Å². The van der Waals surface area contributed by atoms with E-state index in [4.69, 9.17) is 5.73 Å². The van der Waals surface area contributed by atoms with Crippen LogP contribution in [-0.2, 0) is 16.4 Å². The van der Waals surface area contributed by atoms with Gasteiger partial charge in [-0.1, -0.05) is 6.07 Å². The van der Waals surface area contributed by atoms with Gasteiger partial charge in [0.05, 0.1) is 11.9 Å². The number of fused-ring (bicyclic) bond motifs is 1. The second kappa shape index (κ2) is 4.27. The van der Waals surface area contributed by atoms with Crippen LogP contribution in [0.4, 0.5) is 11.4 Å². The summed E-state index contributed by atoms with van der Waals surface area (Å²) >= 11 is 0. The van der Waals surface area contributed by atoms with Crippen LogP contribution in [0.25, 0.3) is 0 Å². The molecule has 1 aromatic heterocycles. The van der Waals surface area contributed by atoms with E-state index in [1.807, 2.05) is 6.07 Å². The van der Waals surface area contributed by atoms with Crippen molar-refractivity contribution < 1.29 is 8.42 Å². The van der Waals surface area contributed by atoms with E-state index in [0.29, 0.717) is 17.9 Å². The molecule has 0 amide bonds. The molecule has 0 radical (unpaired) electrons. The second-order valence-electron chi connectivity index (χ2n) is 4.49. The summed E-state index contributed by atoms with van der Waals surface area (Å²) < 4.78 is 26.5. The van der Waals surface area contributed by atoms with Crippen molar-refractivity contribution in [2.45, 2.75) is 17.9 Å². The number of aryl methyl sites for hydroxylation is 1. The first-order valence-corrected chi connectivity index (χ1v) is 7.43. The second-order valence-corrected chi connectivity index (χ2v) is 6.32. The Hall–Kier alpha value is -2.02. The summed E-state index contributed by atoms with van der Waals surface area (Å²) in [6.45, 7) is 0.456. The van der Waals surface area contributed by atoms with Crippen molar-refractivity contribution in [2.75, 3.05) is 16.6 Å². The molecule has 7 heteroatoms. The van der Waals surface area contributed by atoms with Crippen LogP contribution in [0.15, 0.2) is 35.5 Å². The van der Waals surface area contributed by atoms with Crippen molar-refractivity contribution >= 4 is 21.4 Å². The molecule has 1 aliphatic rings. The highest BCUT2D eigenvalue weighted by Gasteiger charge is 2.30. The largest absolute Gasteiger partial charge is 0.399 e. The van der Waals surface area contributed by atoms with Crippen molar-refractivity contribution in [2.24, 2.45) is 0 Å². The third-order valence-electron chi connectivity index (χ3n) is 3.23. The Morgan fingerprint density at radius 3 is 2.89 bits per heavy atom. The van der Waals surface area contributed by atoms with Crippen molar-refractivity contribution in [1.82, 2.24) is 10.2 Å². The van der Waals surface area contributed by atoms with Crippen LogP contribution in [0, 0.1) is 0 Å². The Bertz CT molecular complexity index is 695. The molecule has 0 saturated carbocycles. The van der Waals surface area contributed by atoms with Gasteiger partial charge in [-0.15, -0.1) is 0 Å². The molecule has 0 fully saturated rings. The molecule has 0 saturated heterocycles. The summed E-state index contributed by atoms with van der Waals surface area (Å²) in [6, 6.07) is 6.85. The lowest BCUT2D eigenvalue weighted by atomic mass is 10.0. The van der Waals surface area contributed by atoms with E-state index in [9.17, 15) is 8.42 Å². The summed E-state index contributed by atoms with van der Waals surface area (Å²) in [7, 11) is -3.59. The van der Waals surface area contributed by atoms with Gasteiger partial charge in [-0.3, -0.25) is 9.40 Å². The lowest BCUT2D eigenvalue weighted by molar-refractivity contribution is 0.582. The SMILES string of the molecule is Nc1ccc2c(c1)N(S(=O)(=O)c1ccn[nH]1)CCC2. The highest BCUT2D eigenvalue weighted by Crippen LogP contribution is 2.32. The van der Waals surface area contributed by atoms with Gasteiger partial charge >= 0.3 is 0 Å². The van der Waals surface area contributed by atoms with Crippen LogP contribution in [0.5, 0.6) is 0 Å². The van der Waals surface area contributed by atoms with Gasteiger partial charge in [0.15, 0.2) is 5.03 Å². The van der Waals surface area contributed by atoms with Crippen LogP contribution >= 0.6 is 0 Å². The number of anilines is 2. The summed E-state index contributed by atoms with van der Waals surface area (Å²) in [5, 5.41) is 6.31. The van der Waals surface area contributed by atoms with Crippen molar-refractivity contribution in [3.05, 3.63) is 36.0 Å². The summed E-state index contributed by atoms with van der Waals surface area (Å²) in [6.07, 6.45) is 3.09. The predicted molar refractivity (Wildman–Crippen MR) is 72.3 cm³/mol. The molecule has 1 aliphatic heterocycles. The fourth-order valence-electron chi connectivity index (χ4n) is 2.31. The lowest BCUT2D eigenvalue weighted by Crippen LogP contribution is -2.35. The zero-order valence-electron chi connectivity index (χ0n) is 10.2. The van der Waals surface area contributed by atoms with Gasteiger partial charge in [-0.2, -0.15) is 13.5 Å². The van der Waals surface area contributed by atoms with Gasteiger partial charge in [0.1, 0.15) is 0 Å². The third-order valence-corrected chi connectivity index (χ3v) is 4.97. The smallest absolute Gasteiger partial charge is 0.281 e. The number of aromatic nitrogens is 2. The molecule has 19 heavy (non-hydrogen) atoms. The van der Waals surface area contributed by atoms with Crippen LogP contribution in [0.2, 0.25) is 0 Å². The standard InChI is InChI=1S/C12H14N4O2S/c13-10-4-3-9-2-1-7-16(11(9)8-10)19(17,18)12-5-6-14-15-12/h3-6,8H,1-2,7,13H2,(H,14,15). The molecule has 0 spiro atoms. The Morgan fingerprint density at radius 1 is 1.32 bits per heavy atom. The Labute approximate surface area is 111 Å². The number of benzene rings is 1. The molecule has 0 aliphatic carbocycles. The van der Waals surface area contributed by atoms with E-state index in [2.05, 4.69) is 10.2 Å². The van der Waals surface area contributed by atoms with Gasteiger partial charge in [-0.25, -0.2) is 0 Å². The maximum Gasteiger partial charge on any atom is 0.281 e. The first kappa shape index (κ1) is 12.0. The minimum Gasteiger partial charge on any atom is -0.399 e. The minimum absolute atomic E-state index is 0.0998. The third kappa shape index (κ3) is 1.95. The van der Waals surface area contributed by atoms with E-state index >= 15 is 0 Å². The molecule has 0 unspecified atom stereocenters. The fraction of sp³-hybridized carbons (Fsp3) is 0.250. The first-order chi connectivity index (χ1) is 9.09. The molecule has 0 atom stereocenters. The Kier molecular flexibility index (Phi) is 2.70. The average Bonchev–Trinajstić information content (AvgIpc) is 2.92. The molecule has 2 aromatic rings. The minimum atomic E-state index is -3.59. The number of rotatable bonds is 2. The highest BCUT2D eigenvalue weighted by molar-refractivity contribution is 7.92. The maximum absolute atomic E-state index is 12.5. The Balaban J connectivity index is 2.12. The molecule has 3 rings (SSSR count). The zero-order chi connectivity index (χ0) is 13.5. The molecule has 100 valence electrons. The topological polar surface area (TPSA) is 92.1 Å². The van der Waals surface area contributed by atoms with Crippen LogP contribution < -0.4 is 10.0 Å². The van der Waals surface area contributed by atoms with E-state index in [0.717, 1.165) is 18.4 Å². The van der Waals surface area contributed by atoms with Gasteiger partial charge in [0.2, 0.25) is 0 Å². The van der Waals surface area contributed by atoms with Crippen molar-refractivity contribution in [3.8, 4) is 0 Å². The number of aromatic amines is 1. The normalized spacial score (nSPS) is 15.3. The van der Waals surface area contributed by atoms with E-state index < -0.39 is 10.0 Å². The molecule has 1 aromatic carbocycles. The zero-order valence-corrected chi connectivity index (χ0v) is 11.0. The molecular formula is C12H14N4O2S. The summed E-state index contributed by atoms with van der Waals surface area (Å²) in [5.74, 6) is 0. The monoisotopic (exact) mass is 278 g/mol. The van der Waals surface area contributed by atoms with Gasteiger partial charge < -0.3 is 5.73 Å². The van der Waals surface area contributed by atoms with Gasteiger partial charge in [0.25, 0.3) is 10.0 Å². The fourth-order valence-corrected chi connectivity index (χ4v) is 3.75. The molecule has 6 nitrogen and oxygen atoms in total. The number of sulfonamides is 1. The quantitative estimate of drug-likeness (QED) is 0.805. The highest BCUT2D eigenvalue weighted by atomic mass is 32.2. The molecule has 3 N–H and O–H groups in total. The number of H-pyrrole nitrogens is 1. The molecule has 2 heterocycles. The van der Waals surface area contributed by atoms with Gasteiger partial charge in [0, 0.05) is 12.2 Å². The van der Waals surface area contributed by atoms with E-state index in [1.165, 1.54) is 16.6 Å². The maximum atomic E-state index is 12.5. The first-order valence-electron chi connectivity index (χ1n) is 5.99. The lowest BCUT2D eigenvalue weighted by Gasteiger charge is -2.30. The predicted octanol–water partition coefficient (Wildman–Crippen LogP) is 1.13. The number of hydrogen-bond donors (Lipinski definition) is 2. The molecular weight excluding hydrogens is 264 g/mol. The number of hydrogen-bond acceptors (Lipinski definition) is 4. The van der Waals surface area contributed by atoms with Crippen LogP contribution in [-0.4, -0.2) is 25.2 Å². The number of nitrogens with one attached hydrogen (secondary N) is 1. The average molecular weight is 278 g/mol. The van der Waals surface area contributed by atoms with Crippen molar-refractivity contribution in [3.63, 3.8) is 0 Å². The summed E-state index contributed by atoms with van der Waals surface area (Å²) in [5.41, 5.74) is 8.00. The molecule has 0 bridgehead atoms. The Morgan fingerprint density at radius 2 is 2.16 bits per heavy atom. The number of nitrogens with zero attached hydrogens (tertiary/aromatic N) is 2. The van der Waals surface area contributed by atoms with E-state index in [-0.39, 0.29) is 5.03 Å². The number of nitrogen functional groups attached to an aromatic ring is 1. The van der Waals surface area contributed by atoms with Gasteiger partial charge in [-0.05, 0) is 36.6 Å². The van der Waals surface area contributed by atoms with Crippen molar-refractivity contribution in [1.29, 1.82) is 0 Å². The summed E-state index contributed by atoms with van der Waals surface area (Å²) in [4.78, 5) is 0.